The quantitative estimate of drug-likeness (QED) is 0.732. The van der Waals surface area contributed by atoms with Crippen LogP contribution in [0, 0.1) is 13.8 Å². The van der Waals surface area contributed by atoms with Gasteiger partial charge < -0.3 is 15.0 Å². The van der Waals surface area contributed by atoms with Crippen LogP contribution in [0.25, 0.3) is 10.9 Å². The lowest BCUT2D eigenvalue weighted by molar-refractivity contribution is 0.102. The molecule has 4 nitrogen and oxygen atoms in total. The second-order valence-corrected chi connectivity index (χ2v) is 5.91. The molecule has 0 bridgehead atoms. The summed E-state index contributed by atoms with van der Waals surface area (Å²) in [5.74, 6) is 0.541. The monoisotopic (exact) mass is 328 g/mol. The maximum absolute atomic E-state index is 12.6. The van der Waals surface area contributed by atoms with Crippen LogP contribution in [0.5, 0.6) is 5.75 Å². The van der Waals surface area contributed by atoms with Gasteiger partial charge in [-0.3, -0.25) is 4.79 Å². The Balaban J connectivity index is 1.95. The molecule has 0 saturated heterocycles. The molecule has 2 aromatic carbocycles. The number of fused-ring (bicyclic) bond motifs is 1. The minimum Gasteiger partial charge on any atom is -0.497 e. The van der Waals surface area contributed by atoms with Gasteiger partial charge in [0.2, 0.25) is 0 Å². The fourth-order valence-corrected chi connectivity index (χ4v) is 3.04. The van der Waals surface area contributed by atoms with E-state index in [1.165, 1.54) is 0 Å². The van der Waals surface area contributed by atoms with E-state index >= 15 is 0 Å². The summed E-state index contributed by atoms with van der Waals surface area (Å²) in [6.45, 7) is 3.89. The number of benzene rings is 2. The Morgan fingerprint density at radius 2 is 2.00 bits per heavy atom. The van der Waals surface area contributed by atoms with Crippen LogP contribution in [-0.2, 0) is 0 Å². The number of aromatic nitrogens is 1. The van der Waals surface area contributed by atoms with Gasteiger partial charge in [-0.05, 0) is 43.2 Å². The smallest absolute Gasteiger partial charge is 0.257 e. The lowest BCUT2D eigenvalue weighted by Gasteiger charge is -2.11. The van der Waals surface area contributed by atoms with Gasteiger partial charge in [-0.2, -0.15) is 0 Å². The molecule has 0 aliphatic rings. The van der Waals surface area contributed by atoms with Gasteiger partial charge in [-0.15, -0.1) is 0 Å². The van der Waals surface area contributed by atoms with Crippen molar-refractivity contribution in [2.75, 3.05) is 12.4 Å². The number of H-pyrrole nitrogens is 1. The van der Waals surface area contributed by atoms with E-state index in [2.05, 4.69) is 10.3 Å². The van der Waals surface area contributed by atoms with Crippen LogP contribution in [0.1, 0.15) is 21.5 Å². The first-order valence-electron chi connectivity index (χ1n) is 7.23. The van der Waals surface area contributed by atoms with Crippen molar-refractivity contribution in [2.24, 2.45) is 0 Å². The number of aryl methyl sites for hydroxylation is 2. The Morgan fingerprint density at radius 3 is 2.70 bits per heavy atom. The van der Waals surface area contributed by atoms with E-state index in [4.69, 9.17) is 16.3 Å². The van der Waals surface area contributed by atoms with Crippen molar-refractivity contribution >= 4 is 34.1 Å². The predicted molar refractivity (Wildman–Crippen MR) is 93.7 cm³/mol. The molecule has 0 saturated carbocycles. The zero-order chi connectivity index (χ0) is 16.6. The summed E-state index contributed by atoms with van der Waals surface area (Å²) >= 11 is 6.26. The van der Waals surface area contributed by atoms with Crippen molar-refractivity contribution < 1.29 is 9.53 Å². The number of anilines is 1. The van der Waals surface area contributed by atoms with Crippen molar-refractivity contribution in [3.8, 4) is 5.75 Å². The zero-order valence-electron chi connectivity index (χ0n) is 13.2. The Hall–Kier alpha value is -2.46. The van der Waals surface area contributed by atoms with Gasteiger partial charge in [0, 0.05) is 23.2 Å². The van der Waals surface area contributed by atoms with Crippen molar-refractivity contribution in [3.63, 3.8) is 0 Å². The molecule has 0 unspecified atom stereocenters. The van der Waals surface area contributed by atoms with Crippen LogP contribution >= 0.6 is 11.6 Å². The highest BCUT2D eigenvalue weighted by molar-refractivity contribution is 6.34. The first kappa shape index (κ1) is 15.4. The molecule has 3 aromatic rings. The number of methoxy groups -OCH3 is 1. The summed E-state index contributed by atoms with van der Waals surface area (Å²) < 4.78 is 5.19. The molecule has 0 fully saturated rings. The molecule has 3 rings (SSSR count). The van der Waals surface area contributed by atoms with Crippen LogP contribution in [0.4, 0.5) is 5.69 Å². The van der Waals surface area contributed by atoms with Crippen LogP contribution in [-0.4, -0.2) is 18.0 Å². The summed E-state index contributed by atoms with van der Waals surface area (Å²) in [6.07, 6.45) is 1.69. The first-order valence-corrected chi connectivity index (χ1v) is 7.60. The second-order valence-electron chi connectivity index (χ2n) is 5.51. The molecule has 0 aliphatic heterocycles. The van der Waals surface area contributed by atoms with E-state index in [9.17, 15) is 4.79 Å². The Kier molecular flexibility index (Phi) is 4.01. The lowest BCUT2D eigenvalue weighted by atomic mass is 10.1. The molecular weight excluding hydrogens is 312 g/mol. The van der Waals surface area contributed by atoms with Crippen LogP contribution in [0.2, 0.25) is 5.02 Å². The number of carbonyl (C=O) groups excluding carboxylic acids is 1. The van der Waals surface area contributed by atoms with Crippen LogP contribution < -0.4 is 10.1 Å². The van der Waals surface area contributed by atoms with Crippen molar-refractivity contribution in [2.45, 2.75) is 13.8 Å². The van der Waals surface area contributed by atoms with Crippen molar-refractivity contribution in [3.05, 3.63) is 58.2 Å². The molecule has 118 valence electrons. The Labute approximate surface area is 139 Å². The molecule has 1 amide bonds. The molecule has 0 spiro atoms. The van der Waals surface area contributed by atoms with E-state index in [1.807, 2.05) is 44.2 Å². The van der Waals surface area contributed by atoms with Gasteiger partial charge in [0.05, 0.1) is 23.4 Å². The van der Waals surface area contributed by atoms with E-state index in [0.717, 1.165) is 27.8 Å². The third kappa shape index (κ3) is 2.90. The molecule has 2 N–H and O–H groups in total. The van der Waals surface area contributed by atoms with Gasteiger partial charge in [-0.25, -0.2) is 0 Å². The summed E-state index contributed by atoms with van der Waals surface area (Å²) in [5, 5.41) is 4.28. The van der Waals surface area contributed by atoms with Gasteiger partial charge in [0.15, 0.2) is 0 Å². The fourth-order valence-electron chi connectivity index (χ4n) is 2.68. The van der Waals surface area contributed by atoms with Crippen molar-refractivity contribution in [1.29, 1.82) is 0 Å². The standard InChI is InChI=1S/C18H17ClN2O2/c1-10-6-11(2)17(15(19)7-10)21-18(22)14-9-20-16-8-12(23-3)4-5-13(14)16/h4-9,20H,1-3H3,(H,21,22). The summed E-state index contributed by atoms with van der Waals surface area (Å²) in [4.78, 5) is 15.7. The molecule has 0 radical (unpaired) electrons. The topological polar surface area (TPSA) is 54.1 Å². The number of amides is 1. The Morgan fingerprint density at radius 1 is 1.22 bits per heavy atom. The first-order chi connectivity index (χ1) is 11.0. The molecule has 0 atom stereocenters. The molecule has 5 heteroatoms. The number of ether oxygens (including phenoxy) is 1. The minimum absolute atomic E-state index is 0.199. The summed E-state index contributed by atoms with van der Waals surface area (Å²) in [5.41, 5.74) is 4.06. The molecule has 1 aromatic heterocycles. The van der Waals surface area contributed by atoms with Gasteiger partial charge in [0.1, 0.15) is 5.75 Å². The number of hydrogen-bond donors (Lipinski definition) is 2. The number of halogens is 1. The SMILES string of the molecule is COc1ccc2c(C(=O)Nc3c(C)cc(C)cc3Cl)c[nH]c2c1. The van der Waals surface area contributed by atoms with Crippen LogP contribution in [0.15, 0.2) is 36.5 Å². The number of carbonyl (C=O) groups is 1. The minimum atomic E-state index is -0.199. The Bertz CT molecular complexity index is 876. The van der Waals surface area contributed by atoms with E-state index < -0.39 is 0 Å². The van der Waals surface area contributed by atoms with Gasteiger partial charge >= 0.3 is 0 Å². The van der Waals surface area contributed by atoms with Crippen molar-refractivity contribution in [1.82, 2.24) is 4.98 Å². The fraction of sp³-hybridized carbons (Fsp3) is 0.167. The predicted octanol–water partition coefficient (Wildman–Crippen LogP) is 4.70. The molecule has 23 heavy (non-hydrogen) atoms. The summed E-state index contributed by atoms with van der Waals surface area (Å²) in [7, 11) is 1.61. The number of aromatic amines is 1. The van der Waals surface area contributed by atoms with Crippen LogP contribution in [0.3, 0.4) is 0 Å². The maximum Gasteiger partial charge on any atom is 0.257 e. The third-order valence-electron chi connectivity index (χ3n) is 3.80. The lowest BCUT2D eigenvalue weighted by Crippen LogP contribution is -2.12. The number of rotatable bonds is 3. The highest BCUT2D eigenvalue weighted by atomic mass is 35.5. The average Bonchev–Trinajstić information content (AvgIpc) is 2.93. The number of hydrogen-bond acceptors (Lipinski definition) is 2. The third-order valence-corrected chi connectivity index (χ3v) is 4.10. The van der Waals surface area contributed by atoms with Gasteiger partial charge in [-0.1, -0.05) is 17.7 Å². The molecule has 0 aliphatic carbocycles. The highest BCUT2D eigenvalue weighted by Crippen LogP contribution is 2.29. The van der Waals surface area contributed by atoms with E-state index in [0.29, 0.717) is 16.3 Å². The number of nitrogens with one attached hydrogen (secondary N) is 2. The average molecular weight is 329 g/mol. The largest absolute Gasteiger partial charge is 0.497 e. The maximum atomic E-state index is 12.6. The molecule has 1 heterocycles. The summed E-state index contributed by atoms with van der Waals surface area (Å²) in [6, 6.07) is 9.38. The highest BCUT2D eigenvalue weighted by Gasteiger charge is 2.15. The zero-order valence-corrected chi connectivity index (χ0v) is 13.9. The van der Waals surface area contributed by atoms with Gasteiger partial charge in [0.25, 0.3) is 5.91 Å². The molecular formula is C18H17ClN2O2. The van der Waals surface area contributed by atoms with E-state index in [-0.39, 0.29) is 5.91 Å². The second kappa shape index (κ2) is 5.97. The normalized spacial score (nSPS) is 10.8. The van der Waals surface area contributed by atoms with E-state index in [1.54, 1.807) is 13.3 Å².